The lowest BCUT2D eigenvalue weighted by Gasteiger charge is -2.17. The molecule has 1 unspecified atom stereocenters. The number of ether oxygens (including phenoxy) is 1. The van der Waals surface area contributed by atoms with Gasteiger partial charge in [0.1, 0.15) is 0 Å². The van der Waals surface area contributed by atoms with Crippen molar-refractivity contribution in [3.05, 3.63) is 29.3 Å². The van der Waals surface area contributed by atoms with E-state index in [0.29, 0.717) is 24.2 Å². The predicted molar refractivity (Wildman–Crippen MR) is 71.8 cm³/mol. The second-order valence-corrected chi connectivity index (χ2v) is 4.56. The largest absolute Gasteiger partial charge is 0.465 e. The maximum Gasteiger partial charge on any atom is 0.338 e. The number of esters is 1. The summed E-state index contributed by atoms with van der Waals surface area (Å²) in [4.78, 5) is 25.2. The molecular formula is C15H15NO3. The van der Waals surface area contributed by atoms with Crippen LogP contribution in [0, 0.1) is 25.2 Å². The van der Waals surface area contributed by atoms with E-state index in [1.165, 1.54) is 7.11 Å². The number of anilines is 1. The molecule has 1 aliphatic rings. The lowest BCUT2D eigenvalue weighted by atomic mass is 10.1. The maximum absolute atomic E-state index is 11.9. The number of methoxy groups -OCH3 is 1. The first kappa shape index (κ1) is 13.2. The minimum absolute atomic E-state index is 0.0115. The van der Waals surface area contributed by atoms with Gasteiger partial charge in [-0.1, -0.05) is 6.07 Å². The third kappa shape index (κ3) is 2.45. The van der Waals surface area contributed by atoms with Gasteiger partial charge in [-0.15, -0.1) is 12.3 Å². The summed E-state index contributed by atoms with van der Waals surface area (Å²) < 4.78 is 4.73. The lowest BCUT2D eigenvalue weighted by Crippen LogP contribution is -2.24. The zero-order valence-electron chi connectivity index (χ0n) is 11.0. The normalized spacial score (nSPS) is 18.3. The van der Waals surface area contributed by atoms with Crippen molar-refractivity contribution in [3.63, 3.8) is 0 Å². The summed E-state index contributed by atoms with van der Waals surface area (Å²) in [6.45, 7) is 2.32. The van der Waals surface area contributed by atoms with Crippen LogP contribution in [0.4, 0.5) is 5.69 Å². The quantitative estimate of drug-likeness (QED) is 0.599. The van der Waals surface area contributed by atoms with Crippen LogP contribution in [0.5, 0.6) is 0 Å². The fourth-order valence-electron chi connectivity index (χ4n) is 2.18. The van der Waals surface area contributed by atoms with Crippen LogP contribution in [0.2, 0.25) is 0 Å². The van der Waals surface area contributed by atoms with Gasteiger partial charge in [0.05, 0.1) is 12.7 Å². The summed E-state index contributed by atoms with van der Waals surface area (Å²) in [5.41, 5.74) is 1.97. The molecule has 4 nitrogen and oxygen atoms in total. The molecule has 1 heterocycles. The highest BCUT2D eigenvalue weighted by Crippen LogP contribution is 2.26. The molecule has 98 valence electrons. The molecule has 1 aliphatic heterocycles. The Balaban J connectivity index is 2.34. The van der Waals surface area contributed by atoms with Gasteiger partial charge < -0.3 is 9.64 Å². The minimum atomic E-state index is -0.403. The Kier molecular flexibility index (Phi) is 3.57. The molecule has 2 rings (SSSR count). The molecule has 0 radical (unpaired) electrons. The van der Waals surface area contributed by atoms with E-state index in [-0.39, 0.29) is 11.8 Å². The number of nitrogens with zero attached hydrogens (tertiary/aromatic N) is 1. The summed E-state index contributed by atoms with van der Waals surface area (Å²) in [6, 6.07) is 5.30. The lowest BCUT2D eigenvalue weighted by molar-refractivity contribution is -0.117. The second kappa shape index (κ2) is 5.15. The number of carbonyl (C=O) groups excluding carboxylic acids is 2. The Hall–Kier alpha value is -2.28. The maximum atomic E-state index is 11.9. The zero-order chi connectivity index (χ0) is 14.0. The van der Waals surface area contributed by atoms with E-state index in [1.807, 2.05) is 13.0 Å². The van der Waals surface area contributed by atoms with Gasteiger partial charge in [-0.2, -0.15) is 0 Å². The number of benzene rings is 1. The van der Waals surface area contributed by atoms with E-state index < -0.39 is 5.97 Å². The number of hydrogen-bond donors (Lipinski definition) is 0. The van der Waals surface area contributed by atoms with Gasteiger partial charge in [-0.3, -0.25) is 4.79 Å². The van der Waals surface area contributed by atoms with E-state index in [2.05, 4.69) is 5.92 Å². The fraction of sp³-hybridized carbons (Fsp3) is 0.333. The number of carbonyl (C=O) groups is 2. The van der Waals surface area contributed by atoms with Gasteiger partial charge in [0.15, 0.2) is 0 Å². The van der Waals surface area contributed by atoms with Crippen LogP contribution < -0.4 is 4.90 Å². The van der Waals surface area contributed by atoms with Crippen molar-refractivity contribution in [1.29, 1.82) is 0 Å². The third-order valence-electron chi connectivity index (χ3n) is 3.30. The van der Waals surface area contributed by atoms with Crippen molar-refractivity contribution >= 4 is 17.6 Å². The standard InChI is InChI=1S/C15H15NO3/c1-4-11-7-14(17)16(9-11)12-6-5-10(2)13(8-12)15(18)19-3/h1,5-6,8,11H,7,9H2,2-3H3. The average molecular weight is 257 g/mol. The molecule has 4 heteroatoms. The van der Waals surface area contributed by atoms with Crippen molar-refractivity contribution in [1.82, 2.24) is 0 Å². The third-order valence-corrected chi connectivity index (χ3v) is 3.30. The highest BCUT2D eigenvalue weighted by Gasteiger charge is 2.29. The van der Waals surface area contributed by atoms with Gasteiger partial charge in [0.25, 0.3) is 0 Å². The van der Waals surface area contributed by atoms with Crippen LogP contribution in [0.1, 0.15) is 22.3 Å². The van der Waals surface area contributed by atoms with Gasteiger partial charge in [-0.05, 0) is 24.6 Å². The Labute approximate surface area is 112 Å². The molecule has 0 spiro atoms. The molecule has 1 aromatic rings. The molecule has 1 aromatic carbocycles. The number of aryl methyl sites for hydroxylation is 1. The van der Waals surface area contributed by atoms with Crippen LogP contribution in [0.25, 0.3) is 0 Å². The number of rotatable bonds is 2. The molecule has 0 aliphatic carbocycles. The Morgan fingerprint density at radius 3 is 2.84 bits per heavy atom. The topological polar surface area (TPSA) is 46.6 Å². The molecule has 0 aromatic heterocycles. The number of hydrogen-bond acceptors (Lipinski definition) is 3. The smallest absolute Gasteiger partial charge is 0.338 e. The van der Waals surface area contributed by atoms with Gasteiger partial charge in [-0.25, -0.2) is 4.79 Å². The van der Waals surface area contributed by atoms with Crippen molar-refractivity contribution in [2.75, 3.05) is 18.6 Å². The van der Waals surface area contributed by atoms with Crippen molar-refractivity contribution in [3.8, 4) is 12.3 Å². The molecule has 1 atom stereocenters. The summed E-state index contributed by atoms with van der Waals surface area (Å²) in [5, 5.41) is 0. The molecule has 1 fully saturated rings. The molecule has 0 bridgehead atoms. The predicted octanol–water partition coefficient (Wildman–Crippen LogP) is 1.77. The zero-order valence-corrected chi connectivity index (χ0v) is 11.0. The molecular weight excluding hydrogens is 242 g/mol. The van der Waals surface area contributed by atoms with E-state index in [9.17, 15) is 9.59 Å². The first-order chi connectivity index (χ1) is 9.06. The van der Waals surface area contributed by atoms with Crippen LogP contribution >= 0.6 is 0 Å². The monoisotopic (exact) mass is 257 g/mol. The van der Waals surface area contributed by atoms with E-state index in [4.69, 9.17) is 11.2 Å². The number of terminal acetylenes is 1. The Morgan fingerprint density at radius 1 is 1.53 bits per heavy atom. The first-order valence-corrected chi connectivity index (χ1v) is 6.02. The SMILES string of the molecule is C#CC1CC(=O)N(c2ccc(C)c(C(=O)OC)c2)C1. The highest BCUT2D eigenvalue weighted by atomic mass is 16.5. The van der Waals surface area contributed by atoms with Gasteiger partial charge in [0, 0.05) is 24.6 Å². The summed E-state index contributed by atoms with van der Waals surface area (Å²) in [7, 11) is 1.34. The van der Waals surface area contributed by atoms with Crippen LogP contribution in [0.3, 0.4) is 0 Å². The fourth-order valence-corrected chi connectivity index (χ4v) is 2.18. The summed E-state index contributed by atoms with van der Waals surface area (Å²) in [6.07, 6.45) is 5.72. The van der Waals surface area contributed by atoms with Crippen LogP contribution in [-0.2, 0) is 9.53 Å². The van der Waals surface area contributed by atoms with E-state index in [0.717, 1.165) is 5.56 Å². The molecule has 1 amide bonds. The van der Waals surface area contributed by atoms with E-state index >= 15 is 0 Å². The van der Waals surface area contributed by atoms with Crippen molar-refractivity contribution in [2.24, 2.45) is 5.92 Å². The van der Waals surface area contributed by atoms with Gasteiger partial charge >= 0.3 is 5.97 Å². The van der Waals surface area contributed by atoms with Crippen LogP contribution in [-0.4, -0.2) is 25.5 Å². The molecule has 0 saturated carbocycles. The van der Waals surface area contributed by atoms with Crippen LogP contribution in [0.15, 0.2) is 18.2 Å². The highest BCUT2D eigenvalue weighted by molar-refractivity contribution is 5.98. The first-order valence-electron chi connectivity index (χ1n) is 6.02. The summed E-state index contributed by atoms with van der Waals surface area (Å²) in [5.74, 6) is 2.13. The minimum Gasteiger partial charge on any atom is -0.465 e. The average Bonchev–Trinajstić information content (AvgIpc) is 2.80. The van der Waals surface area contributed by atoms with Gasteiger partial charge in [0.2, 0.25) is 5.91 Å². The summed E-state index contributed by atoms with van der Waals surface area (Å²) >= 11 is 0. The van der Waals surface area contributed by atoms with Crippen molar-refractivity contribution in [2.45, 2.75) is 13.3 Å². The second-order valence-electron chi connectivity index (χ2n) is 4.56. The number of amides is 1. The molecule has 1 saturated heterocycles. The molecule has 0 N–H and O–H groups in total. The van der Waals surface area contributed by atoms with Crippen molar-refractivity contribution < 1.29 is 14.3 Å². The Morgan fingerprint density at radius 2 is 2.26 bits per heavy atom. The van der Waals surface area contributed by atoms with E-state index in [1.54, 1.807) is 17.0 Å². The molecule has 19 heavy (non-hydrogen) atoms. The Bertz CT molecular complexity index is 571.